The van der Waals surface area contributed by atoms with Crippen LogP contribution in [0.25, 0.3) is 0 Å². The maximum Gasteiger partial charge on any atom is 0.252 e. The Morgan fingerprint density at radius 3 is 2.65 bits per heavy atom. The van der Waals surface area contributed by atoms with Gasteiger partial charge in [-0.3, -0.25) is 9.59 Å². The quantitative estimate of drug-likeness (QED) is 0.783. The Morgan fingerprint density at radius 2 is 2.10 bits per heavy atom. The monoisotopic (exact) mass is 279 g/mol. The molecular formula is C14H21N3O3. The van der Waals surface area contributed by atoms with Crippen molar-refractivity contribution in [2.75, 3.05) is 26.4 Å². The topological polar surface area (TPSA) is 84.7 Å². The summed E-state index contributed by atoms with van der Waals surface area (Å²) in [5.74, 6) is -0.0424. The number of ether oxygens (including phenoxy) is 1. The average molecular weight is 279 g/mol. The number of nitrogens with two attached hydrogens (primary N) is 1. The third-order valence-electron chi connectivity index (χ3n) is 3.06. The minimum Gasteiger partial charge on any atom is -0.495 e. The number of anilines is 1. The van der Waals surface area contributed by atoms with E-state index in [-0.39, 0.29) is 11.8 Å². The lowest BCUT2D eigenvalue weighted by molar-refractivity contribution is -0.131. The van der Waals surface area contributed by atoms with Crippen LogP contribution in [0, 0.1) is 0 Å². The third kappa shape index (κ3) is 3.63. The largest absolute Gasteiger partial charge is 0.495 e. The number of likely N-dealkylation sites (N-methyl/N-ethyl adjacent to an activating group) is 1. The van der Waals surface area contributed by atoms with Crippen molar-refractivity contribution in [1.29, 1.82) is 0 Å². The van der Waals surface area contributed by atoms with Crippen molar-refractivity contribution in [3.05, 3.63) is 23.8 Å². The summed E-state index contributed by atoms with van der Waals surface area (Å²) in [6.45, 7) is 4.12. The normalized spacial score (nSPS) is 11.6. The predicted molar refractivity (Wildman–Crippen MR) is 77.6 cm³/mol. The number of carbonyl (C=O) groups excluding carboxylic acids is 2. The van der Waals surface area contributed by atoms with Gasteiger partial charge >= 0.3 is 0 Å². The van der Waals surface area contributed by atoms with Crippen LogP contribution < -0.4 is 15.8 Å². The molecule has 6 heteroatoms. The highest BCUT2D eigenvalue weighted by molar-refractivity contribution is 5.98. The molecule has 0 aliphatic carbocycles. The van der Waals surface area contributed by atoms with Gasteiger partial charge in [-0.05, 0) is 32.0 Å². The molecule has 1 aromatic rings. The number of hydrogen-bond donors (Lipinski definition) is 2. The highest BCUT2D eigenvalue weighted by Crippen LogP contribution is 2.22. The first-order valence-electron chi connectivity index (χ1n) is 6.40. The summed E-state index contributed by atoms with van der Waals surface area (Å²) in [7, 11) is 3.17. The predicted octanol–water partition coefficient (Wildman–Crippen LogP) is 0.874. The van der Waals surface area contributed by atoms with Gasteiger partial charge < -0.3 is 20.7 Å². The minimum atomic E-state index is -0.587. The fourth-order valence-electron chi connectivity index (χ4n) is 1.68. The maximum atomic E-state index is 12.1. The first-order chi connectivity index (χ1) is 9.40. The second kappa shape index (κ2) is 6.79. The van der Waals surface area contributed by atoms with Crippen molar-refractivity contribution < 1.29 is 14.3 Å². The number of nitrogens with zero attached hydrogens (tertiary/aromatic N) is 1. The summed E-state index contributed by atoms with van der Waals surface area (Å²) in [4.78, 5) is 25.5. The van der Waals surface area contributed by atoms with Crippen LogP contribution in [0.1, 0.15) is 24.2 Å². The molecule has 0 aliphatic heterocycles. The second-order valence-corrected chi connectivity index (χ2v) is 4.50. The number of carbonyl (C=O) groups is 2. The molecule has 3 N–H and O–H groups in total. The van der Waals surface area contributed by atoms with E-state index in [1.165, 1.54) is 7.11 Å². The summed E-state index contributed by atoms with van der Waals surface area (Å²) in [5.41, 5.74) is 6.55. The molecule has 2 amide bonds. The fraction of sp³-hybridized carbons (Fsp3) is 0.429. The molecule has 0 aromatic heterocycles. The van der Waals surface area contributed by atoms with Crippen molar-refractivity contribution in [3.8, 4) is 5.75 Å². The number of hydrogen-bond acceptors (Lipinski definition) is 4. The van der Waals surface area contributed by atoms with Crippen LogP contribution in [0.3, 0.4) is 0 Å². The Morgan fingerprint density at radius 1 is 1.45 bits per heavy atom. The molecule has 0 bridgehead atoms. The fourth-order valence-corrected chi connectivity index (χ4v) is 1.68. The summed E-state index contributed by atoms with van der Waals surface area (Å²) in [6.07, 6.45) is 0. The van der Waals surface area contributed by atoms with E-state index in [0.29, 0.717) is 23.5 Å². The standard InChI is InChI=1S/C14H21N3O3/c1-5-17(3)14(19)9(2)16-13(18)10-6-7-11(15)12(8-10)20-4/h6-9H,5,15H2,1-4H3,(H,16,18). The van der Waals surface area contributed by atoms with E-state index in [2.05, 4.69) is 5.32 Å². The average Bonchev–Trinajstić information content (AvgIpc) is 2.45. The van der Waals surface area contributed by atoms with E-state index in [0.717, 1.165) is 0 Å². The number of nitrogen functional groups attached to an aromatic ring is 1. The highest BCUT2D eigenvalue weighted by atomic mass is 16.5. The summed E-state index contributed by atoms with van der Waals surface area (Å²) in [6, 6.07) is 4.15. The lowest BCUT2D eigenvalue weighted by atomic mass is 10.1. The summed E-state index contributed by atoms with van der Waals surface area (Å²) >= 11 is 0. The van der Waals surface area contributed by atoms with Crippen LogP contribution in [-0.4, -0.2) is 43.5 Å². The first kappa shape index (κ1) is 15.8. The Kier molecular flexibility index (Phi) is 5.37. The van der Waals surface area contributed by atoms with Gasteiger partial charge in [-0.1, -0.05) is 0 Å². The molecule has 1 atom stereocenters. The van der Waals surface area contributed by atoms with Crippen molar-refractivity contribution in [1.82, 2.24) is 10.2 Å². The number of rotatable bonds is 5. The molecule has 20 heavy (non-hydrogen) atoms. The van der Waals surface area contributed by atoms with Gasteiger partial charge in [0.05, 0.1) is 12.8 Å². The van der Waals surface area contributed by atoms with Gasteiger partial charge in [-0.2, -0.15) is 0 Å². The van der Waals surface area contributed by atoms with E-state index >= 15 is 0 Å². The zero-order valence-electron chi connectivity index (χ0n) is 12.3. The Balaban J connectivity index is 2.79. The van der Waals surface area contributed by atoms with Gasteiger partial charge in [0, 0.05) is 19.2 Å². The Hall–Kier alpha value is -2.24. The van der Waals surface area contributed by atoms with Crippen molar-refractivity contribution >= 4 is 17.5 Å². The second-order valence-electron chi connectivity index (χ2n) is 4.50. The van der Waals surface area contributed by atoms with E-state index < -0.39 is 6.04 Å². The van der Waals surface area contributed by atoms with Gasteiger partial charge in [0.2, 0.25) is 5.91 Å². The van der Waals surface area contributed by atoms with Crippen LogP contribution in [0.2, 0.25) is 0 Å². The third-order valence-corrected chi connectivity index (χ3v) is 3.06. The summed E-state index contributed by atoms with van der Waals surface area (Å²) in [5, 5.41) is 2.66. The van der Waals surface area contributed by atoms with Crippen LogP contribution in [0.5, 0.6) is 5.75 Å². The number of nitrogens with one attached hydrogen (secondary N) is 1. The summed E-state index contributed by atoms with van der Waals surface area (Å²) < 4.78 is 5.06. The van der Waals surface area contributed by atoms with Gasteiger partial charge in [0.15, 0.2) is 0 Å². The van der Waals surface area contributed by atoms with E-state index in [1.807, 2.05) is 6.92 Å². The molecule has 1 aromatic carbocycles. The first-order valence-corrected chi connectivity index (χ1v) is 6.40. The van der Waals surface area contributed by atoms with Gasteiger partial charge in [-0.25, -0.2) is 0 Å². The van der Waals surface area contributed by atoms with E-state index in [1.54, 1.807) is 37.1 Å². The van der Waals surface area contributed by atoms with Crippen LogP contribution >= 0.6 is 0 Å². The van der Waals surface area contributed by atoms with Gasteiger partial charge in [-0.15, -0.1) is 0 Å². The SMILES string of the molecule is CCN(C)C(=O)C(C)NC(=O)c1ccc(N)c(OC)c1. The van der Waals surface area contributed by atoms with E-state index in [9.17, 15) is 9.59 Å². The maximum absolute atomic E-state index is 12.1. The molecule has 0 fully saturated rings. The molecule has 0 saturated heterocycles. The molecule has 1 rings (SSSR count). The Labute approximate surface area is 118 Å². The smallest absolute Gasteiger partial charge is 0.252 e. The molecule has 110 valence electrons. The number of benzene rings is 1. The van der Waals surface area contributed by atoms with Crippen LogP contribution in [-0.2, 0) is 4.79 Å². The molecular weight excluding hydrogens is 258 g/mol. The van der Waals surface area contributed by atoms with Crippen LogP contribution in [0.4, 0.5) is 5.69 Å². The van der Waals surface area contributed by atoms with Crippen molar-refractivity contribution in [2.24, 2.45) is 0 Å². The lowest BCUT2D eigenvalue weighted by Crippen LogP contribution is -2.45. The number of methoxy groups -OCH3 is 1. The van der Waals surface area contributed by atoms with Gasteiger partial charge in [0.1, 0.15) is 11.8 Å². The Bertz CT molecular complexity index is 502. The minimum absolute atomic E-state index is 0.136. The van der Waals surface area contributed by atoms with Crippen molar-refractivity contribution in [3.63, 3.8) is 0 Å². The molecule has 0 saturated carbocycles. The molecule has 0 spiro atoms. The zero-order chi connectivity index (χ0) is 15.3. The highest BCUT2D eigenvalue weighted by Gasteiger charge is 2.19. The van der Waals surface area contributed by atoms with E-state index in [4.69, 9.17) is 10.5 Å². The molecule has 1 unspecified atom stereocenters. The molecule has 6 nitrogen and oxygen atoms in total. The lowest BCUT2D eigenvalue weighted by Gasteiger charge is -2.20. The van der Waals surface area contributed by atoms with Crippen LogP contribution in [0.15, 0.2) is 18.2 Å². The number of amides is 2. The molecule has 0 aliphatic rings. The molecule has 0 heterocycles. The van der Waals surface area contributed by atoms with Crippen molar-refractivity contribution in [2.45, 2.75) is 19.9 Å². The zero-order valence-corrected chi connectivity index (χ0v) is 12.3. The van der Waals surface area contributed by atoms with Gasteiger partial charge in [0.25, 0.3) is 5.91 Å². The molecule has 0 radical (unpaired) electrons.